The number of hydrogen-bond donors (Lipinski definition) is 2. The molecule has 0 saturated heterocycles. The normalized spacial score (nSPS) is 11.2. The number of alkyl halides is 3. The summed E-state index contributed by atoms with van der Waals surface area (Å²) in [5.41, 5.74) is -1.49. The molecule has 3 rings (SSSR count). The first-order valence-electron chi connectivity index (χ1n) is 8.13. The summed E-state index contributed by atoms with van der Waals surface area (Å²) < 4.78 is 40.3. The Hall–Kier alpha value is -3.40. The molecule has 0 aliphatic carbocycles. The molecule has 0 fully saturated rings. The second-order valence-electron chi connectivity index (χ2n) is 5.71. The Kier molecular flexibility index (Phi) is 5.55. The van der Waals surface area contributed by atoms with Crippen molar-refractivity contribution >= 4 is 29.1 Å². The number of pyridine rings is 1. The molecule has 0 aliphatic heterocycles. The van der Waals surface area contributed by atoms with Gasteiger partial charge in [0.1, 0.15) is 5.69 Å². The number of halogens is 4. The molecule has 2 aromatic heterocycles. The molecule has 29 heavy (non-hydrogen) atoms. The fraction of sp³-hybridized carbons (Fsp3) is 0.111. The lowest BCUT2D eigenvalue weighted by Gasteiger charge is -2.11. The molecule has 3 aromatic rings. The second-order valence-corrected chi connectivity index (χ2v) is 6.12. The van der Waals surface area contributed by atoms with Gasteiger partial charge in [-0.25, -0.2) is 9.67 Å². The zero-order valence-electron chi connectivity index (χ0n) is 14.8. The van der Waals surface area contributed by atoms with E-state index in [0.717, 1.165) is 0 Å². The molecule has 0 unspecified atom stereocenters. The molecule has 0 saturated carbocycles. The van der Waals surface area contributed by atoms with Crippen LogP contribution in [0, 0.1) is 0 Å². The Morgan fingerprint density at radius 3 is 2.48 bits per heavy atom. The standard InChI is InChI=1S/C18H13ClF3N5O2/c1-23-16(28)10-5-2-3-7-12(10)25-17(29)13-9-14(18(20,21)22)26-27(13)15-11(19)6-4-8-24-15/h2-9H,1H3,(H,23,28)(H,25,29). The molecule has 2 heterocycles. The monoisotopic (exact) mass is 423 g/mol. The minimum Gasteiger partial charge on any atom is -0.355 e. The number of para-hydroxylation sites is 1. The fourth-order valence-electron chi connectivity index (χ4n) is 2.49. The Morgan fingerprint density at radius 2 is 1.83 bits per heavy atom. The van der Waals surface area contributed by atoms with E-state index in [4.69, 9.17) is 11.6 Å². The maximum atomic E-state index is 13.2. The van der Waals surface area contributed by atoms with E-state index in [1.54, 1.807) is 12.1 Å². The molecule has 0 atom stereocenters. The molecular formula is C18H13ClF3N5O2. The van der Waals surface area contributed by atoms with Gasteiger partial charge in [0.15, 0.2) is 11.5 Å². The number of hydrogen-bond acceptors (Lipinski definition) is 4. The molecule has 0 radical (unpaired) electrons. The van der Waals surface area contributed by atoms with Gasteiger partial charge in [0.05, 0.1) is 16.3 Å². The highest BCUT2D eigenvalue weighted by Gasteiger charge is 2.36. The Morgan fingerprint density at radius 1 is 1.10 bits per heavy atom. The summed E-state index contributed by atoms with van der Waals surface area (Å²) in [6.45, 7) is 0. The molecule has 2 amide bonds. The lowest BCUT2D eigenvalue weighted by Crippen LogP contribution is -2.22. The molecular weight excluding hydrogens is 411 g/mol. The number of anilines is 1. The largest absolute Gasteiger partial charge is 0.435 e. The van der Waals surface area contributed by atoms with Gasteiger partial charge in [0.25, 0.3) is 11.8 Å². The van der Waals surface area contributed by atoms with Gasteiger partial charge in [0, 0.05) is 19.3 Å². The van der Waals surface area contributed by atoms with Gasteiger partial charge in [-0.15, -0.1) is 0 Å². The van der Waals surface area contributed by atoms with Crippen LogP contribution in [-0.4, -0.2) is 33.6 Å². The zero-order chi connectivity index (χ0) is 21.2. The highest BCUT2D eigenvalue weighted by atomic mass is 35.5. The first-order valence-corrected chi connectivity index (χ1v) is 8.50. The summed E-state index contributed by atoms with van der Waals surface area (Å²) in [4.78, 5) is 28.7. The molecule has 11 heteroatoms. The highest BCUT2D eigenvalue weighted by Crippen LogP contribution is 2.30. The summed E-state index contributed by atoms with van der Waals surface area (Å²) in [6, 6.07) is 9.53. The van der Waals surface area contributed by atoms with Gasteiger partial charge in [-0.3, -0.25) is 9.59 Å². The summed E-state index contributed by atoms with van der Waals surface area (Å²) in [5, 5.41) is 8.31. The van der Waals surface area contributed by atoms with E-state index in [1.807, 2.05) is 0 Å². The second kappa shape index (κ2) is 7.92. The predicted octanol–water partition coefficient (Wildman–Crippen LogP) is 3.55. The lowest BCUT2D eigenvalue weighted by molar-refractivity contribution is -0.141. The summed E-state index contributed by atoms with van der Waals surface area (Å²) >= 11 is 6.02. The topological polar surface area (TPSA) is 88.9 Å². The van der Waals surface area contributed by atoms with Crippen molar-refractivity contribution in [1.29, 1.82) is 0 Å². The maximum Gasteiger partial charge on any atom is 0.435 e. The van der Waals surface area contributed by atoms with E-state index in [-0.39, 0.29) is 22.1 Å². The zero-order valence-corrected chi connectivity index (χ0v) is 15.5. The van der Waals surface area contributed by atoms with Crippen LogP contribution in [0.5, 0.6) is 0 Å². The van der Waals surface area contributed by atoms with Gasteiger partial charge in [0.2, 0.25) is 0 Å². The van der Waals surface area contributed by atoms with Gasteiger partial charge < -0.3 is 10.6 Å². The molecule has 2 N–H and O–H groups in total. The fourth-order valence-corrected chi connectivity index (χ4v) is 2.69. The van der Waals surface area contributed by atoms with Crippen molar-refractivity contribution in [3.05, 3.63) is 70.6 Å². The van der Waals surface area contributed by atoms with Gasteiger partial charge >= 0.3 is 6.18 Å². The SMILES string of the molecule is CNC(=O)c1ccccc1NC(=O)c1cc(C(F)(F)F)nn1-c1ncccc1Cl. The Labute approximate surface area is 167 Å². The van der Waals surface area contributed by atoms with Crippen molar-refractivity contribution in [2.24, 2.45) is 0 Å². The molecule has 0 aliphatic rings. The van der Waals surface area contributed by atoms with Crippen LogP contribution in [0.2, 0.25) is 5.02 Å². The van der Waals surface area contributed by atoms with E-state index < -0.39 is 29.4 Å². The summed E-state index contributed by atoms with van der Waals surface area (Å²) in [5.74, 6) is -1.54. The van der Waals surface area contributed by atoms with E-state index in [9.17, 15) is 22.8 Å². The number of aromatic nitrogens is 3. The van der Waals surface area contributed by atoms with Crippen LogP contribution in [0.3, 0.4) is 0 Å². The summed E-state index contributed by atoms with van der Waals surface area (Å²) in [6.07, 6.45) is -3.49. The third-order valence-electron chi connectivity index (χ3n) is 3.82. The van der Waals surface area contributed by atoms with Crippen LogP contribution < -0.4 is 10.6 Å². The number of amides is 2. The van der Waals surface area contributed by atoms with Crippen molar-refractivity contribution < 1.29 is 22.8 Å². The van der Waals surface area contributed by atoms with Gasteiger partial charge in [-0.1, -0.05) is 23.7 Å². The maximum absolute atomic E-state index is 13.2. The highest BCUT2D eigenvalue weighted by molar-refractivity contribution is 6.32. The van der Waals surface area contributed by atoms with Crippen molar-refractivity contribution in [3.63, 3.8) is 0 Å². The molecule has 0 spiro atoms. The Balaban J connectivity index is 2.07. The van der Waals surface area contributed by atoms with Crippen LogP contribution in [0.1, 0.15) is 26.5 Å². The van der Waals surface area contributed by atoms with Gasteiger partial charge in [-0.05, 0) is 24.3 Å². The number of nitrogens with zero attached hydrogens (tertiary/aromatic N) is 3. The van der Waals surface area contributed by atoms with Crippen LogP contribution in [-0.2, 0) is 6.18 Å². The van der Waals surface area contributed by atoms with Crippen LogP contribution in [0.15, 0.2) is 48.7 Å². The number of nitrogens with one attached hydrogen (secondary N) is 2. The third-order valence-corrected chi connectivity index (χ3v) is 4.11. The van der Waals surface area contributed by atoms with Crippen LogP contribution >= 0.6 is 11.6 Å². The lowest BCUT2D eigenvalue weighted by atomic mass is 10.1. The van der Waals surface area contributed by atoms with Crippen molar-refractivity contribution in [1.82, 2.24) is 20.1 Å². The van der Waals surface area contributed by atoms with Crippen molar-refractivity contribution in [2.75, 3.05) is 12.4 Å². The first-order chi connectivity index (χ1) is 13.7. The molecule has 1 aromatic carbocycles. The minimum atomic E-state index is -4.79. The van der Waals surface area contributed by atoms with Gasteiger partial charge in [-0.2, -0.15) is 18.3 Å². The smallest absolute Gasteiger partial charge is 0.355 e. The average molecular weight is 424 g/mol. The Bertz CT molecular complexity index is 1080. The number of carbonyl (C=O) groups excluding carboxylic acids is 2. The van der Waals surface area contributed by atoms with Crippen LogP contribution in [0.4, 0.5) is 18.9 Å². The van der Waals surface area contributed by atoms with E-state index in [1.165, 1.54) is 37.5 Å². The van der Waals surface area contributed by atoms with Crippen LogP contribution in [0.25, 0.3) is 5.82 Å². The van der Waals surface area contributed by atoms with E-state index in [2.05, 4.69) is 20.7 Å². The average Bonchev–Trinajstić information content (AvgIpc) is 3.14. The summed E-state index contributed by atoms with van der Waals surface area (Å²) in [7, 11) is 1.41. The predicted molar refractivity (Wildman–Crippen MR) is 99.2 cm³/mol. The van der Waals surface area contributed by atoms with Crippen molar-refractivity contribution in [3.8, 4) is 5.82 Å². The number of rotatable bonds is 4. The van der Waals surface area contributed by atoms with E-state index in [0.29, 0.717) is 10.7 Å². The number of benzene rings is 1. The number of carbonyl (C=O) groups is 2. The van der Waals surface area contributed by atoms with Crippen molar-refractivity contribution in [2.45, 2.75) is 6.18 Å². The molecule has 150 valence electrons. The third kappa shape index (κ3) is 4.21. The quantitative estimate of drug-likeness (QED) is 0.671. The molecule has 7 nitrogen and oxygen atoms in total. The molecule has 0 bridgehead atoms. The first kappa shape index (κ1) is 20.3. The minimum absolute atomic E-state index is 0.00383. The van der Waals surface area contributed by atoms with E-state index >= 15 is 0 Å².